The predicted octanol–water partition coefficient (Wildman–Crippen LogP) is 2.89. The van der Waals surface area contributed by atoms with Crippen LogP contribution in [0, 0.1) is 13.8 Å². The third kappa shape index (κ3) is 3.04. The van der Waals surface area contributed by atoms with Gasteiger partial charge in [-0.2, -0.15) is 0 Å². The van der Waals surface area contributed by atoms with Gasteiger partial charge in [-0.05, 0) is 37.6 Å². The van der Waals surface area contributed by atoms with E-state index in [0.717, 1.165) is 12.1 Å². The molecule has 0 aliphatic rings. The van der Waals surface area contributed by atoms with E-state index in [9.17, 15) is 4.79 Å². The number of nitrogens with zero attached hydrogens (tertiary/aromatic N) is 1. The van der Waals surface area contributed by atoms with E-state index in [1.807, 2.05) is 18.2 Å². The molecule has 0 saturated heterocycles. The zero-order chi connectivity index (χ0) is 14.8. The molecule has 2 aromatic heterocycles. The van der Waals surface area contributed by atoms with Gasteiger partial charge in [-0.1, -0.05) is 12.1 Å². The Morgan fingerprint density at radius 2 is 2.05 bits per heavy atom. The molecule has 0 amide bonds. The molecule has 108 valence electrons. The highest BCUT2D eigenvalue weighted by molar-refractivity contribution is 7.12. The number of benzene rings is 1. The van der Waals surface area contributed by atoms with Crippen molar-refractivity contribution >= 4 is 22.2 Å². The Bertz CT molecular complexity index is 815. The molecule has 1 aromatic carbocycles. The summed E-state index contributed by atoms with van der Waals surface area (Å²) in [6.07, 6.45) is 0. The van der Waals surface area contributed by atoms with E-state index < -0.39 is 0 Å². The van der Waals surface area contributed by atoms with Crippen LogP contribution >= 0.6 is 11.3 Å². The van der Waals surface area contributed by atoms with Gasteiger partial charge in [0, 0.05) is 16.3 Å². The van der Waals surface area contributed by atoms with Crippen LogP contribution in [0.1, 0.15) is 21.1 Å². The van der Waals surface area contributed by atoms with Crippen LogP contribution in [0.2, 0.25) is 0 Å². The number of aryl methyl sites for hydroxylation is 2. The van der Waals surface area contributed by atoms with Gasteiger partial charge in [0.1, 0.15) is 5.82 Å². The molecule has 0 atom stereocenters. The fourth-order valence-electron chi connectivity index (χ4n) is 2.26. The minimum atomic E-state index is -0.0831. The number of nitrogens with one attached hydrogen (secondary N) is 2. The lowest BCUT2D eigenvalue weighted by Crippen LogP contribution is -2.18. The average molecular weight is 299 g/mol. The summed E-state index contributed by atoms with van der Waals surface area (Å²) in [5, 5.41) is 3.96. The number of aromatic nitrogens is 2. The van der Waals surface area contributed by atoms with Crippen LogP contribution in [0.5, 0.6) is 0 Å². The summed E-state index contributed by atoms with van der Waals surface area (Å²) in [4.78, 5) is 21.9. The third-order valence-corrected chi connectivity index (χ3v) is 4.62. The Hall–Kier alpha value is -1.98. The standard InChI is InChI=1S/C16H17N3OS/c1-10-7-12(21-11(10)2)8-17-9-15-18-14-6-4-3-5-13(14)16(20)19-15/h3-7,17H,8-9H2,1-2H3,(H,18,19,20). The summed E-state index contributed by atoms with van der Waals surface area (Å²) in [6, 6.07) is 9.58. The number of H-pyrrole nitrogens is 1. The lowest BCUT2D eigenvalue weighted by atomic mass is 10.2. The van der Waals surface area contributed by atoms with Crippen LogP contribution in [0.15, 0.2) is 35.1 Å². The second-order valence-corrected chi connectivity index (χ2v) is 6.43. The van der Waals surface area contributed by atoms with Crippen molar-refractivity contribution in [1.82, 2.24) is 15.3 Å². The number of fused-ring (bicyclic) bond motifs is 1. The number of thiophene rings is 1. The van der Waals surface area contributed by atoms with E-state index in [1.165, 1.54) is 15.3 Å². The van der Waals surface area contributed by atoms with Crippen molar-refractivity contribution in [3.63, 3.8) is 0 Å². The van der Waals surface area contributed by atoms with Crippen molar-refractivity contribution < 1.29 is 0 Å². The van der Waals surface area contributed by atoms with Crippen molar-refractivity contribution in [2.75, 3.05) is 0 Å². The summed E-state index contributed by atoms with van der Waals surface area (Å²) in [7, 11) is 0. The first-order chi connectivity index (χ1) is 10.1. The minimum absolute atomic E-state index is 0.0831. The lowest BCUT2D eigenvalue weighted by molar-refractivity contribution is 0.669. The monoisotopic (exact) mass is 299 g/mol. The molecule has 2 N–H and O–H groups in total. The van der Waals surface area contributed by atoms with Gasteiger partial charge in [-0.3, -0.25) is 4.79 Å². The Morgan fingerprint density at radius 1 is 1.24 bits per heavy atom. The number of rotatable bonds is 4. The van der Waals surface area contributed by atoms with Crippen LogP contribution < -0.4 is 10.9 Å². The fourth-order valence-corrected chi connectivity index (χ4v) is 3.28. The molecule has 0 unspecified atom stereocenters. The Morgan fingerprint density at radius 3 is 2.81 bits per heavy atom. The van der Waals surface area contributed by atoms with Crippen molar-refractivity contribution in [1.29, 1.82) is 0 Å². The largest absolute Gasteiger partial charge is 0.309 e. The molecule has 5 heteroatoms. The maximum Gasteiger partial charge on any atom is 0.258 e. The lowest BCUT2D eigenvalue weighted by Gasteiger charge is -2.04. The molecule has 2 heterocycles. The van der Waals surface area contributed by atoms with E-state index in [2.05, 4.69) is 35.2 Å². The SMILES string of the molecule is Cc1cc(CNCc2nc3ccccc3c(=O)[nH]2)sc1C. The van der Waals surface area contributed by atoms with Gasteiger partial charge in [-0.15, -0.1) is 11.3 Å². The molecule has 0 bridgehead atoms. The van der Waals surface area contributed by atoms with Crippen molar-refractivity contribution in [2.24, 2.45) is 0 Å². The summed E-state index contributed by atoms with van der Waals surface area (Å²) >= 11 is 1.80. The molecule has 0 fully saturated rings. The van der Waals surface area contributed by atoms with Gasteiger partial charge in [0.15, 0.2) is 0 Å². The number of aromatic amines is 1. The highest BCUT2D eigenvalue weighted by atomic mass is 32.1. The Balaban J connectivity index is 1.72. The number of hydrogen-bond acceptors (Lipinski definition) is 4. The molecule has 0 aliphatic heterocycles. The fraction of sp³-hybridized carbons (Fsp3) is 0.250. The minimum Gasteiger partial charge on any atom is -0.309 e. The molecule has 3 rings (SSSR count). The first kappa shape index (κ1) is 14.0. The summed E-state index contributed by atoms with van der Waals surface area (Å²) < 4.78 is 0. The van der Waals surface area contributed by atoms with E-state index in [4.69, 9.17) is 0 Å². The van der Waals surface area contributed by atoms with Crippen LogP contribution in [-0.2, 0) is 13.1 Å². The molecule has 21 heavy (non-hydrogen) atoms. The van der Waals surface area contributed by atoms with E-state index in [1.54, 1.807) is 17.4 Å². The second kappa shape index (κ2) is 5.79. The maximum atomic E-state index is 12.0. The molecule has 0 saturated carbocycles. The van der Waals surface area contributed by atoms with Gasteiger partial charge in [-0.25, -0.2) is 4.98 Å². The molecule has 4 nitrogen and oxygen atoms in total. The summed E-state index contributed by atoms with van der Waals surface area (Å²) in [6.45, 7) is 5.59. The molecule has 0 aliphatic carbocycles. The van der Waals surface area contributed by atoms with Crippen LogP contribution in [0.25, 0.3) is 10.9 Å². The van der Waals surface area contributed by atoms with Crippen LogP contribution in [-0.4, -0.2) is 9.97 Å². The van der Waals surface area contributed by atoms with Crippen molar-refractivity contribution in [3.05, 3.63) is 61.8 Å². The predicted molar refractivity (Wildman–Crippen MR) is 86.7 cm³/mol. The number of hydrogen-bond donors (Lipinski definition) is 2. The summed E-state index contributed by atoms with van der Waals surface area (Å²) in [5.74, 6) is 0.670. The molecule has 3 aromatic rings. The second-order valence-electron chi connectivity index (χ2n) is 5.09. The van der Waals surface area contributed by atoms with Gasteiger partial charge in [0.25, 0.3) is 5.56 Å². The normalized spacial score (nSPS) is 11.1. The van der Waals surface area contributed by atoms with Crippen LogP contribution in [0.4, 0.5) is 0 Å². The third-order valence-electron chi connectivity index (χ3n) is 3.47. The quantitative estimate of drug-likeness (QED) is 0.779. The van der Waals surface area contributed by atoms with E-state index in [0.29, 0.717) is 17.8 Å². The molecule has 0 radical (unpaired) electrons. The van der Waals surface area contributed by atoms with E-state index >= 15 is 0 Å². The highest BCUT2D eigenvalue weighted by Crippen LogP contribution is 2.20. The van der Waals surface area contributed by atoms with Crippen molar-refractivity contribution in [2.45, 2.75) is 26.9 Å². The van der Waals surface area contributed by atoms with Gasteiger partial charge < -0.3 is 10.3 Å². The smallest absolute Gasteiger partial charge is 0.258 e. The van der Waals surface area contributed by atoms with E-state index in [-0.39, 0.29) is 5.56 Å². The Kier molecular flexibility index (Phi) is 3.86. The first-order valence-electron chi connectivity index (χ1n) is 6.88. The molecular weight excluding hydrogens is 282 g/mol. The van der Waals surface area contributed by atoms with Gasteiger partial charge >= 0.3 is 0 Å². The van der Waals surface area contributed by atoms with Gasteiger partial charge in [0.05, 0.1) is 17.4 Å². The molecule has 0 spiro atoms. The zero-order valence-corrected chi connectivity index (χ0v) is 12.9. The zero-order valence-electron chi connectivity index (χ0n) is 12.1. The Labute approximate surface area is 126 Å². The average Bonchev–Trinajstić information content (AvgIpc) is 2.78. The number of para-hydroxylation sites is 1. The van der Waals surface area contributed by atoms with Crippen molar-refractivity contribution in [3.8, 4) is 0 Å². The van der Waals surface area contributed by atoms with Crippen LogP contribution in [0.3, 0.4) is 0 Å². The highest BCUT2D eigenvalue weighted by Gasteiger charge is 2.04. The molecular formula is C16H17N3OS. The van der Waals surface area contributed by atoms with Gasteiger partial charge in [0.2, 0.25) is 0 Å². The topological polar surface area (TPSA) is 57.8 Å². The first-order valence-corrected chi connectivity index (χ1v) is 7.69. The summed E-state index contributed by atoms with van der Waals surface area (Å²) in [5.41, 5.74) is 1.98. The maximum absolute atomic E-state index is 12.0.